The number of carbonyl (C=O) groups is 1. The van der Waals surface area contributed by atoms with Crippen LogP contribution in [-0.2, 0) is 4.79 Å². The van der Waals surface area contributed by atoms with Crippen LogP contribution in [0.15, 0.2) is 45.7 Å². The van der Waals surface area contributed by atoms with Gasteiger partial charge in [-0.25, -0.2) is 0 Å². The normalized spacial score (nSPS) is 20.1. The Morgan fingerprint density at radius 2 is 1.84 bits per heavy atom. The van der Waals surface area contributed by atoms with Gasteiger partial charge in [-0.05, 0) is 35.6 Å². The quantitative estimate of drug-likeness (QED) is 0.495. The maximum atomic E-state index is 13.4. The molecule has 0 unspecified atom stereocenters. The number of ether oxygens (including phenoxy) is 2. The van der Waals surface area contributed by atoms with E-state index in [2.05, 4.69) is 15.5 Å². The van der Waals surface area contributed by atoms with Crippen molar-refractivity contribution in [2.45, 2.75) is 24.7 Å². The molecule has 0 amide bonds. The smallest absolute Gasteiger partial charge is 0.270 e. The van der Waals surface area contributed by atoms with E-state index in [0.29, 0.717) is 35.4 Å². The second-order valence-electron chi connectivity index (χ2n) is 7.64. The molecule has 1 aliphatic carbocycles. The van der Waals surface area contributed by atoms with Crippen LogP contribution in [0.3, 0.4) is 0 Å². The molecule has 0 saturated heterocycles. The number of phenols is 1. The predicted octanol–water partition coefficient (Wildman–Crippen LogP) is 3.45. The van der Waals surface area contributed by atoms with Gasteiger partial charge in [0.25, 0.3) is 5.56 Å². The number of benzene rings is 1. The number of H-pyrrole nitrogens is 2. The van der Waals surface area contributed by atoms with E-state index >= 15 is 0 Å². The molecule has 8 nitrogen and oxygen atoms in total. The Balaban J connectivity index is 1.69. The van der Waals surface area contributed by atoms with Crippen molar-refractivity contribution in [3.63, 3.8) is 0 Å². The number of thiophene rings is 1. The van der Waals surface area contributed by atoms with Crippen molar-refractivity contribution < 1.29 is 19.4 Å². The molecule has 3 aromatic rings. The molecule has 160 valence electrons. The molecule has 0 fully saturated rings. The zero-order valence-corrected chi connectivity index (χ0v) is 17.8. The molecular weight excluding hydrogens is 418 g/mol. The van der Waals surface area contributed by atoms with E-state index in [1.807, 2.05) is 17.5 Å². The number of rotatable bonds is 4. The summed E-state index contributed by atoms with van der Waals surface area (Å²) in [7, 11) is 2.88. The van der Waals surface area contributed by atoms with Crippen molar-refractivity contribution in [1.29, 1.82) is 0 Å². The highest BCUT2D eigenvalue weighted by molar-refractivity contribution is 7.10. The minimum atomic E-state index is -0.610. The lowest BCUT2D eigenvalue weighted by molar-refractivity contribution is -0.116. The molecule has 31 heavy (non-hydrogen) atoms. The van der Waals surface area contributed by atoms with Crippen LogP contribution in [0.25, 0.3) is 0 Å². The van der Waals surface area contributed by atoms with E-state index in [1.54, 1.807) is 23.5 Å². The number of ketones is 1. The van der Waals surface area contributed by atoms with Crippen LogP contribution < -0.4 is 20.3 Å². The first-order valence-corrected chi connectivity index (χ1v) is 10.7. The van der Waals surface area contributed by atoms with Gasteiger partial charge in [-0.2, -0.15) is 0 Å². The fourth-order valence-corrected chi connectivity index (χ4v) is 5.39. The van der Waals surface area contributed by atoms with E-state index in [9.17, 15) is 14.7 Å². The first-order valence-electron chi connectivity index (χ1n) is 9.83. The summed E-state index contributed by atoms with van der Waals surface area (Å²) in [4.78, 5) is 27.3. The Hall–Kier alpha value is -3.46. The van der Waals surface area contributed by atoms with Gasteiger partial charge in [-0.3, -0.25) is 19.8 Å². The number of phenolic OH excluding ortho intramolecular Hbond substituents is 1. The van der Waals surface area contributed by atoms with Gasteiger partial charge < -0.3 is 19.9 Å². The van der Waals surface area contributed by atoms with Crippen LogP contribution in [0.2, 0.25) is 0 Å². The lowest BCUT2D eigenvalue weighted by Crippen LogP contribution is -2.31. The Kier molecular flexibility index (Phi) is 4.62. The molecule has 0 spiro atoms. The molecule has 0 saturated carbocycles. The second-order valence-corrected chi connectivity index (χ2v) is 8.62. The SMILES string of the molecule is COc1cc([C@@H]2C3=C(C[C@@H](c4cccs4)CC3=O)Nc3[nH][nH]c(=O)c32)cc(OC)c1O. The first kappa shape index (κ1) is 19.5. The Bertz CT molecular complexity index is 1230. The number of methoxy groups -OCH3 is 2. The van der Waals surface area contributed by atoms with E-state index in [0.717, 1.165) is 5.70 Å². The van der Waals surface area contributed by atoms with Crippen molar-refractivity contribution >= 4 is 22.9 Å². The zero-order valence-electron chi connectivity index (χ0n) is 16.9. The van der Waals surface area contributed by atoms with Crippen LogP contribution in [-0.4, -0.2) is 35.3 Å². The Labute approximate surface area is 181 Å². The van der Waals surface area contributed by atoms with Gasteiger partial charge in [0, 0.05) is 34.4 Å². The Morgan fingerprint density at radius 3 is 2.48 bits per heavy atom. The van der Waals surface area contributed by atoms with E-state index in [4.69, 9.17) is 9.47 Å². The largest absolute Gasteiger partial charge is 0.502 e. The maximum absolute atomic E-state index is 13.4. The van der Waals surface area contributed by atoms with E-state index in [-0.39, 0.29) is 34.5 Å². The van der Waals surface area contributed by atoms with Crippen molar-refractivity contribution in [1.82, 2.24) is 10.2 Å². The number of allylic oxidation sites excluding steroid dienone is 2. The summed E-state index contributed by atoms with van der Waals surface area (Å²) >= 11 is 1.64. The summed E-state index contributed by atoms with van der Waals surface area (Å²) in [6.07, 6.45) is 1.04. The zero-order chi connectivity index (χ0) is 21.7. The number of fused-ring (bicyclic) bond motifs is 1. The van der Waals surface area contributed by atoms with Crippen LogP contribution in [0, 0.1) is 0 Å². The summed E-state index contributed by atoms with van der Waals surface area (Å²) < 4.78 is 10.6. The average Bonchev–Trinajstić information content (AvgIpc) is 3.43. The number of nitrogens with one attached hydrogen (secondary N) is 3. The first-order chi connectivity index (χ1) is 15.0. The lowest BCUT2D eigenvalue weighted by atomic mass is 9.74. The third-order valence-corrected chi connectivity index (χ3v) is 6.99. The summed E-state index contributed by atoms with van der Waals surface area (Å²) in [6.45, 7) is 0. The van der Waals surface area contributed by atoms with Crippen LogP contribution >= 0.6 is 11.3 Å². The summed E-state index contributed by atoms with van der Waals surface area (Å²) in [5.41, 5.74) is 2.12. The monoisotopic (exact) mass is 439 g/mol. The number of carbonyl (C=O) groups excluding carboxylic acids is 1. The molecular formula is C22H21N3O5S. The number of hydrogen-bond donors (Lipinski definition) is 4. The molecule has 2 aromatic heterocycles. The minimum Gasteiger partial charge on any atom is -0.502 e. The second kappa shape index (κ2) is 7.35. The molecule has 2 atom stereocenters. The van der Waals surface area contributed by atoms with Gasteiger partial charge in [0.2, 0.25) is 5.75 Å². The van der Waals surface area contributed by atoms with E-state index < -0.39 is 5.92 Å². The molecule has 1 aromatic carbocycles. The maximum Gasteiger partial charge on any atom is 0.270 e. The highest BCUT2D eigenvalue weighted by Gasteiger charge is 2.41. The number of aromatic amines is 2. The van der Waals surface area contributed by atoms with Gasteiger partial charge in [-0.15, -0.1) is 11.3 Å². The van der Waals surface area contributed by atoms with E-state index in [1.165, 1.54) is 19.1 Å². The van der Waals surface area contributed by atoms with Crippen LogP contribution in [0.5, 0.6) is 17.2 Å². The van der Waals surface area contributed by atoms with Crippen molar-refractivity contribution in [2.75, 3.05) is 19.5 Å². The predicted molar refractivity (Wildman–Crippen MR) is 116 cm³/mol. The number of aromatic hydroxyl groups is 1. The molecule has 9 heteroatoms. The number of Topliss-reactive ketones (excluding diaryl/α,β-unsaturated/α-hetero) is 1. The summed E-state index contributed by atoms with van der Waals surface area (Å²) in [5.74, 6) is 0.310. The van der Waals surface area contributed by atoms with Gasteiger partial charge >= 0.3 is 0 Å². The molecule has 4 N–H and O–H groups in total. The number of aromatic nitrogens is 2. The van der Waals surface area contributed by atoms with Gasteiger partial charge in [-0.1, -0.05) is 6.07 Å². The van der Waals surface area contributed by atoms with Gasteiger partial charge in [0.05, 0.1) is 19.8 Å². The van der Waals surface area contributed by atoms with Crippen molar-refractivity contribution in [3.8, 4) is 17.2 Å². The minimum absolute atomic E-state index is 0.00518. The summed E-state index contributed by atoms with van der Waals surface area (Å²) in [6, 6.07) is 7.33. The fourth-order valence-electron chi connectivity index (χ4n) is 4.56. The number of anilines is 1. The molecule has 3 heterocycles. The third-order valence-electron chi connectivity index (χ3n) is 5.96. The topological polar surface area (TPSA) is 116 Å². The van der Waals surface area contributed by atoms with Gasteiger partial charge in [0.15, 0.2) is 17.3 Å². The highest BCUT2D eigenvalue weighted by Crippen LogP contribution is 2.49. The number of hydrogen-bond acceptors (Lipinski definition) is 7. The standard InChI is InChI=1S/C22H21N3O5S/c1-29-14-8-11(9-15(30-2)20(14)27)17-18-12(23-21-19(17)22(28)25-24-21)6-10(7-13(18)26)16-4-3-5-31-16/h3-5,8-10,17,27H,6-7H2,1-2H3,(H3,23,24,25,28)/t10-,17-/m1/s1. The van der Waals surface area contributed by atoms with Crippen molar-refractivity contribution in [2.24, 2.45) is 0 Å². The Morgan fingerprint density at radius 1 is 1.10 bits per heavy atom. The van der Waals surface area contributed by atoms with Crippen LogP contribution in [0.1, 0.15) is 40.7 Å². The summed E-state index contributed by atoms with van der Waals surface area (Å²) in [5, 5.41) is 21.1. The fraction of sp³-hybridized carbons (Fsp3) is 0.273. The molecule has 5 rings (SSSR count). The molecule has 1 aliphatic heterocycles. The molecule has 0 bridgehead atoms. The lowest BCUT2D eigenvalue weighted by Gasteiger charge is -2.34. The average molecular weight is 439 g/mol. The van der Waals surface area contributed by atoms with Crippen molar-refractivity contribution in [3.05, 3.63) is 67.3 Å². The molecule has 2 aliphatic rings. The van der Waals surface area contributed by atoms with Gasteiger partial charge in [0.1, 0.15) is 5.82 Å². The van der Waals surface area contributed by atoms with Crippen LogP contribution in [0.4, 0.5) is 5.82 Å². The third kappa shape index (κ3) is 3.04. The highest BCUT2D eigenvalue weighted by atomic mass is 32.1. The molecule has 0 radical (unpaired) electrons.